The molecule has 6 aliphatic carbocycles. The van der Waals surface area contributed by atoms with Crippen LogP contribution in [0.1, 0.15) is 62.6 Å². The van der Waals surface area contributed by atoms with Crippen molar-refractivity contribution in [2.75, 3.05) is 39.6 Å². The number of carbonyl (C=O) groups is 4. The molecule has 6 bridgehead atoms. The zero-order chi connectivity index (χ0) is 49.4. The normalized spacial score (nSPS) is 26.1. The molecule has 0 radical (unpaired) electrons. The molecule has 0 amide bonds. The van der Waals surface area contributed by atoms with Crippen LogP contribution in [0.15, 0.2) is 153 Å². The van der Waals surface area contributed by atoms with Crippen LogP contribution >= 0.6 is 0 Å². The van der Waals surface area contributed by atoms with Gasteiger partial charge in [-0.1, -0.05) is 99.5 Å². The molecule has 0 N–H and O–H groups in total. The molecule has 7 aliphatic rings. The quantitative estimate of drug-likeness (QED) is 0.0267. The Morgan fingerprint density at radius 2 is 0.861 bits per heavy atom. The molecule has 4 fully saturated rings. The molecule has 3 saturated carbocycles. The molecule has 11 heteroatoms. The van der Waals surface area contributed by atoms with Crippen LogP contribution in [0.25, 0.3) is 18.2 Å². The Balaban J connectivity index is 0.000000157. The minimum atomic E-state index is -0.502. The summed E-state index contributed by atoms with van der Waals surface area (Å²) >= 11 is 0. The van der Waals surface area contributed by atoms with E-state index >= 15 is 0 Å². The topological polar surface area (TPSA) is 136 Å². The number of rotatable bonds is 20. The number of ether oxygens (including phenoxy) is 7. The van der Waals surface area contributed by atoms with E-state index in [0.29, 0.717) is 92.0 Å². The van der Waals surface area contributed by atoms with Gasteiger partial charge in [0.2, 0.25) is 0 Å². The summed E-state index contributed by atoms with van der Waals surface area (Å²) < 4.78 is 37.2. The lowest BCUT2D eigenvalue weighted by molar-refractivity contribution is -0.140. The summed E-state index contributed by atoms with van der Waals surface area (Å²) in [7, 11) is 0. The number of carbonyl (C=O) groups excluding carboxylic acids is 4. The molecule has 10 unspecified atom stereocenters. The number of allylic oxidation sites excluding steroid dienone is 6. The van der Waals surface area contributed by atoms with Crippen molar-refractivity contribution in [2.24, 2.45) is 53.3 Å². The Kier molecular flexibility index (Phi) is 19.4. The SMILES string of the molecule is C.C=CC(=O)Oc1ccc(/C=C/C(=O)OCC2CC3C=CC2C3)cc1.C=CCOc1ccc(/C=C/C(=O)OCC2CC3C=CC2C3)cc1.O=C(/C=C/c1ccc(OCC2CO2)cc1)OCC1CC2C=CC1C2. The van der Waals surface area contributed by atoms with Gasteiger partial charge in [0.25, 0.3) is 0 Å². The van der Waals surface area contributed by atoms with Crippen LogP contribution in [-0.4, -0.2) is 69.6 Å². The Bertz CT molecular complexity index is 2490. The highest BCUT2D eigenvalue weighted by atomic mass is 16.6. The molecule has 10 atom stereocenters. The van der Waals surface area contributed by atoms with E-state index in [1.165, 1.54) is 37.5 Å². The van der Waals surface area contributed by atoms with E-state index in [4.69, 9.17) is 33.2 Å². The fourth-order valence-electron chi connectivity index (χ4n) is 10.1. The molecule has 72 heavy (non-hydrogen) atoms. The van der Waals surface area contributed by atoms with Crippen molar-refractivity contribution in [1.29, 1.82) is 0 Å². The van der Waals surface area contributed by atoms with E-state index in [0.717, 1.165) is 60.1 Å². The van der Waals surface area contributed by atoms with Gasteiger partial charge in [-0.3, -0.25) is 0 Å². The van der Waals surface area contributed by atoms with E-state index in [9.17, 15) is 19.2 Å². The molecular weight excluding hydrogens is 909 g/mol. The summed E-state index contributed by atoms with van der Waals surface area (Å²) in [6.07, 6.45) is 33.5. The highest BCUT2D eigenvalue weighted by Gasteiger charge is 2.38. The zero-order valence-corrected chi connectivity index (χ0v) is 40.2. The van der Waals surface area contributed by atoms with Crippen LogP contribution in [0.3, 0.4) is 0 Å². The van der Waals surface area contributed by atoms with Crippen LogP contribution in [0, 0.1) is 53.3 Å². The second kappa shape index (κ2) is 26.5. The maximum atomic E-state index is 11.9. The van der Waals surface area contributed by atoms with Gasteiger partial charge in [-0.05, 0) is 163 Å². The molecule has 1 saturated heterocycles. The maximum absolute atomic E-state index is 11.9. The predicted octanol–water partition coefficient (Wildman–Crippen LogP) is 11.4. The molecule has 3 aromatic carbocycles. The van der Waals surface area contributed by atoms with Crippen molar-refractivity contribution in [1.82, 2.24) is 0 Å². The first-order chi connectivity index (χ1) is 34.6. The van der Waals surface area contributed by atoms with Gasteiger partial charge in [-0.15, -0.1) is 0 Å². The first-order valence-electron chi connectivity index (χ1n) is 24.9. The van der Waals surface area contributed by atoms with Gasteiger partial charge >= 0.3 is 23.9 Å². The van der Waals surface area contributed by atoms with Crippen molar-refractivity contribution in [3.05, 3.63) is 169 Å². The van der Waals surface area contributed by atoms with Crippen molar-refractivity contribution < 1.29 is 52.3 Å². The first kappa shape index (κ1) is 52.8. The van der Waals surface area contributed by atoms with Gasteiger partial charge in [0.1, 0.15) is 36.6 Å². The molecule has 0 spiro atoms. The molecule has 11 nitrogen and oxygen atoms in total. The lowest BCUT2D eigenvalue weighted by Crippen LogP contribution is -2.16. The second-order valence-corrected chi connectivity index (χ2v) is 19.2. The largest absolute Gasteiger partial charge is 0.491 e. The van der Waals surface area contributed by atoms with Crippen molar-refractivity contribution in [3.63, 3.8) is 0 Å². The summed E-state index contributed by atoms with van der Waals surface area (Å²) in [4.78, 5) is 46.6. The monoisotopic (exact) mass is 976 g/mol. The molecule has 3 aromatic rings. The number of benzene rings is 3. The Morgan fingerprint density at radius 1 is 0.486 bits per heavy atom. The molecule has 0 aromatic heterocycles. The van der Waals surface area contributed by atoms with Crippen LogP contribution in [0.5, 0.6) is 17.2 Å². The van der Waals surface area contributed by atoms with Gasteiger partial charge in [0, 0.05) is 24.3 Å². The van der Waals surface area contributed by atoms with Crippen LogP contribution in [0.2, 0.25) is 0 Å². The van der Waals surface area contributed by atoms with E-state index < -0.39 is 5.97 Å². The summed E-state index contributed by atoms with van der Waals surface area (Å²) in [6.45, 7) is 10.4. The highest BCUT2D eigenvalue weighted by molar-refractivity contribution is 5.88. The summed E-state index contributed by atoms with van der Waals surface area (Å²) in [5, 5.41) is 0. The van der Waals surface area contributed by atoms with Crippen molar-refractivity contribution in [2.45, 2.75) is 52.1 Å². The lowest BCUT2D eigenvalue weighted by atomic mass is 9.95. The highest BCUT2D eigenvalue weighted by Crippen LogP contribution is 2.45. The molecule has 1 heterocycles. The molecule has 378 valence electrons. The van der Waals surface area contributed by atoms with Gasteiger partial charge in [0.05, 0.1) is 26.4 Å². The second-order valence-electron chi connectivity index (χ2n) is 19.2. The Morgan fingerprint density at radius 3 is 1.18 bits per heavy atom. The molecular formula is C61H68O11. The maximum Gasteiger partial charge on any atom is 0.335 e. The number of epoxide rings is 1. The van der Waals surface area contributed by atoms with E-state index in [-0.39, 0.29) is 31.4 Å². The zero-order valence-electron chi connectivity index (χ0n) is 40.2. The predicted molar refractivity (Wildman–Crippen MR) is 279 cm³/mol. The third kappa shape index (κ3) is 16.3. The van der Waals surface area contributed by atoms with E-state index in [1.54, 1.807) is 48.6 Å². The van der Waals surface area contributed by atoms with Crippen molar-refractivity contribution >= 4 is 42.1 Å². The fourth-order valence-corrected chi connectivity index (χ4v) is 10.1. The van der Waals surface area contributed by atoms with Crippen LogP contribution in [-0.2, 0) is 38.1 Å². The Hall–Kier alpha value is -6.98. The molecule has 1 aliphatic heterocycles. The first-order valence-corrected chi connectivity index (χ1v) is 24.9. The molecule has 10 rings (SSSR count). The van der Waals surface area contributed by atoms with Gasteiger partial charge in [-0.2, -0.15) is 0 Å². The standard InChI is InChI=1S/C20H22O4.C20H20O4.C20H22O3.CH4/c21-20(24-11-17-10-15-1-5-16(17)9-15)8-4-14-2-6-18(7-3-14)22-12-19-13-23-19;1-2-19(21)24-18-8-4-14(5-9-18)6-10-20(22)23-13-17-12-15-3-7-16(17)11-15;1-2-11-22-19-8-4-15(5-9-19)6-10-20(21)23-14-18-13-16-3-7-17(18)12-16;/h1-8,15-17,19H,9-13H2;2-10,15-17H,1,11-13H2;2-10,16-18H,1,11-14H2;1H4/b8-4+;2*10-6+;. The minimum Gasteiger partial charge on any atom is -0.491 e. The minimum absolute atomic E-state index is 0. The third-order valence-corrected chi connectivity index (χ3v) is 14.0. The van der Waals surface area contributed by atoms with E-state index in [1.807, 2.05) is 48.5 Å². The number of fused-ring (bicyclic) bond motifs is 6. The number of hydrogen-bond donors (Lipinski definition) is 0. The average molecular weight is 977 g/mol. The van der Waals surface area contributed by atoms with Gasteiger partial charge < -0.3 is 33.2 Å². The average Bonchev–Trinajstić information content (AvgIpc) is 4.06. The summed E-state index contributed by atoms with van der Waals surface area (Å²) in [5.74, 6) is 6.04. The number of hydrogen-bond acceptors (Lipinski definition) is 11. The van der Waals surface area contributed by atoms with Crippen LogP contribution in [0.4, 0.5) is 0 Å². The van der Waals surface area contributed by atoms with Crippen molar-refractivity contribution in [3.8, 4) is 17.2 Å². The summed E-state index contributed by atoms with van der Waals surface area (Å²) in [6, 6.07) is 22.0. The smallest absolute Gasteiger partial charge is 0.335 e. The van der Waals surface area contributed by atoms with Gasteiger partial charge in [-0.25, -0.2) is 19.2 Å². The Labute approximate surface area is 424 Å². The fraction of sp³-hybridized carbons (Fsp3) is 0.377. The van der Waals surface area contributed by atoms with Crippen LogP contribution < -0.4 is 14.2 Å². The summed E-state index contributed by atoms with van der Waals surface area (Å²) in [5.41, 5.74) is 2.72. The number of esters is 4. The lowest BCUT2D eigenvalue weighted by Gasteiger charge is -2.17. The van der Waals surface area contributed by atoms with E-state index in [2.05, 4.69) is 49.6 Å². The van der Waals surface area contributed by atoms with Gasteiger partial charge in [0.15, 0.2) is 0 Å². The third-order valence-electron chi connectivity index (χ3n) is 14.0.